The first-order chi connectivity index (χ1) is 13.9. The van der Waals surface area contributed by atoms with Crippen molar-refractivity contribution in [2.45, 2.75) is 25.9 Å². The fourth-order valence-corrected chi connectivity index (χ4v) is 3.73. The molecule has 0 aliphatic carbocycles. The Bertz CT molecular complexity index is 856. The number of carbonyl (C=O) groups excluding carboxylic acids is 2. The van der Waals surface area contributed by atoms with Gasteiger partial charge in [-0.2, -0.15) is 10.5 Å². The van der Waals surface area contributed by atoms with Crippen molar-refractivity contribution in [1.82, 2.24) is 5.32 Å². The third-order valence-electron chi connectivity index (χ3n) is 5.33. The topological polar surface area (TPSA) is 109 Å². The standard InChI is InChI=1S/C20H22FN5O3/c1-13(27)24-11-17-12-26(20(28)29-17)16-2-3-19(18(21)8-16)25-6-4-14(5-7-25)15(9-22)10-23/h2-3,8,14-15,17H,4-7,11-12H2,1H3,(H,24,27). The predicted octanol–water partition coefficient (Wildman–Crippen LogP) is 2.17. The molecule has 0 spiro atoms. The van der Waals surface area contributed by atoms with E-state index in [0.717, 1.165) is 0 Å². The summed E-state index contributed by atoms with van der Waals surface area (Å²) in [7, 11) is 0. The first kappa shape index (κ1) is 20.4. The van der Waals surface area contributed by atoms with Gasteiger partial charge in [0.05, 0.1) is 36.6 Å². The lowest BCUT2D eigenvalue weighted by atomic mass is 9.86. The molecule has 152 valence electrons. The van der Waals surface area contributed by atoms with E-state index in [1.165, 1.54) is 17.9 Å². The van der Waals surface area contributed by atoms with Gasteiger partial charge in [-0.15, -0.1) is 0 Å². The zero-order valence-corrected chi connectivity index (χ0v) is 16.1. The molecule has 2 aliphatic heterocycles. The zero-order valence-electron chi connectivity index (χ0n) is 16.1. The summed E-state index contributed by atoms with van der Waals surface area (Å²) < 4.78 is 20.0. The molecule has 3 rings (SSSR count). The van der Waals surface area contributed by atoms with Gasteiger partial charge >= 0.3 is 6.09 Å². The number of piperidine rings is 1. The number of hydrogen-bond acceptors (Lipinski definition) is 6. The Kier molecular flexibility index (Phi) is 6.18. The van der Waals surface area contributed by atoms with E-state index in [-0.39, 0.29) is 24.9 Å². The van der Waals surface area contributed by atoms with Gasteiger partial charge in [-0.05, 0) is 37.0 Å². The van der Waals surface area contributed by atoms with Gasteiger partial charge in [0.2, 0.25) is 5.91 Å². The molecule has 1 atom stereocenters. The van der Waals surface area contributed by atoms with Crippen LogP contribution in [0.4, 0.5) is 20.6 Å². The Labute approximate surface area is 168 Å². The maximum atomic E-state index is 14.8. The largest absolute Gasteiger partial charge is 0.442 e. The van der Waals surface area contributed by atoms with E-state index in [0.29, 0.717) is 37.3 Å². The molecule has 2 saturated heterocycles. The van der Waals surface area contributed by atoms with Gasteiger partial charge in [-0.1, -0.05) is 0 Å². The lowest BCUT2D eigenvalue weighted by molar-refractivity contribution is -0.119. The molecule has 0 radical (unpaired) electrons. The second kappa shape index (κ2) is 8.78. The Morgan fingerprint density at radius 3 is 2.62 bits per heavy atom. The number of halogens is 1. The highest BCUT2D eigenvalue weighted by molar-refractivity contribution is 5.90. The number of nitrogens with zero attached hydrogens (tertiary/aromatic N) is 4. The van der Waals surface area contributed by atoms with Crippen LogP contribution in [-0.4, -0.2) is 44.3 Å². The van der Waals surface area contributed by atoms with Crippen molar-refractivity contribution in [2.75, 3.05) is 36.0 Å². The van der Waals surface area contributed by atoms with Gasteiger partial charge in [0.25, 0.3) is 0 Å². The molecule has 0 bridgehead atoms. The maximum absolute atomic E-state index is 14.8. The van der Waals surface area contributed by atoms with Crippen LogP contribution in [-0.2, 0) is 9.53 Å². The lowest BCUT2D eigenvalue weighted by Crippen LogP contribution is -2.36. The predicted molar refractivity (Wildman–Crippen MR) is 102 cm³/mol. The van der Waals surface area contributed by atoms with Gasteiger partial charge in [0, 0.05) is 20.0 Å². The van der Waals surface area contributed by atoms with E-state index < -0.39 is 23.9 Å². The molecule has 1 aromatic rings. The van der Waals surface area contributed by atoms with Crippen LogP contribution >= 0.6 is 0 Å². The van der Waals surface area contributed by atoms with Crippen LogP contribution in [0.2, 0.25) is 0 Å². The molecule has 29 heavy (non-hydrogen) atoms. The van der Waals surface area contributed by atoms with E-state index in [4.69, 9.17) is 15.3 Å². The Balaban J connectivity index is 1.64. The normalized spacial score (nSPS) is 19.6. The number of rotatable bonds is 5. The van der Waals surface area contributed by atoms with Crippen LogP contribution < -0.4 is 15.1 Å². The molecule has 9 heteroatoms. The molecule has 2 heterocycles. The fourth-order valence-electron chi connectivity index (χ4n) is 3.73. The van der Waals surface area contributed by atoms with Gasteiger partial charge in [-0.3, -0.25) is 9.69 Å². The Morgan fingerprint density at radius 2 is 2.03 bits per heavy atom. The molecule has 2 amide bonds. The first-order valence-corrected chi connectivity index (χ1v) is 9.49. The second-order valence-electron chi connectivity index (χ2n) is 7.25. The molecular weight excluding hydrogens is 377 g/mol. The number of carbonyl (C=O) groups is 2. The highest BCUT2D eigenvalue weighted by Crippen LogP contribution is 2.32. The Hall–Kier alpha value is -3.33. The fraction of sp³-hybridized carbons (Fsp3) is 0.500. The minimum absolute atomic E-state index is 0.00324. The lowest BCUT2D eigenvalue weighted by Gasteiger charge is -2.34. The van der Waals surface area contributed by atoms with Crippen LogP contribution in [0.25, 0.3) is 0 Å². The summed E-state index contributed by atoms with van der Waals surface area (Å²) in [6, 6.07) is 8.65. The van der Waals surface area contributed by atoms with Crippen molar-refractivity contribution < 1.29 is 18.7 Å². The highest BCUT2D eigenvalue weighted by Gasteiger charge is 2.33. The number of cyclic esters (lactones) is 1. The van der Waals surface area contributed by atoms with Gasteiger partial charge in [-0.25, -0.2) is 9.18 Å². The number of nitriles is 2. The van der Waals surface area contributed by atoms with Crippen molar-refractivity contribution in [3.05, 3.63) is 24.0 Å². The molecule has 8 nitrogen and oxygen atoms in total. The van der Waals surface area contributed by atoms with Crippen molar-refractivity contribution in [3.8, 4) is 12.1 Å². The van der Waals surface area contributed by atoms with E-state index in [1.54, 1.807) is 12.1 Å². The summed E-state index contributed by atoms with van der Waals surface area (Å²) >= 11 is 0. The summed E-state index contributed by atoms with van der Waals surface area (Å²) in [4.78, 5) is 26.3. The monoisotopic (exact) mass is 399 g/mol. The van der Waals surface area contributed by atoms with Crippen molar-refractivity contribution in [2.24, 2.45) is 11.8 Å². The summed E-state index contributed by atoms with van der Waals surface area (Å²) in [5, 5.41) is 20.7. The van der Waals surface area contributed by atoms with E-state index in [9.17, 15) is 14.0 Å². The number of nitrogens with one attached hydrogen (secondary N) is 1. The molecule has 0 aromatic heterocycles. The summed E-state index contributed by atoms with van der Waals surface area (Å²) in [5.41, 5.74) is 0.825. The minimum atomic E-state index is -0.629. The summed E-state index contributed by atoms with van der Waals surface area (Å²) in [6.07, 6.45) is 0.237. The molecule has 0 saturated carbocycles. The van der Waals surface area contributed by atoms with Crippen LogP contribution in [0.3, 0.4) is 0 Å². The smallest absolute Gasteiger partial charge is 0.414 e. The molecular formula is C20H22FN5O3. The van der Waals surface area contributed by atoms with Crippen molar-refractivity contribution >= 4 is 23.4 Å². The van der Waals surface area contributed by atoms with E-state index >= 15 is 0 Å². The molecule has 1 aromatic carbocycles. The van der Waals surface area contributed by atoms with Crippen molar-refractivity contribution in [3.63, 3.8) is 0 Å². The minimum Gasteiger partial charge on any atom is -0.442 e. The number of hydrogen-bond donors (Lipinski definition) is 1. The van der Waals surface area contributed by atoms with Gasteiger partial charge in [0.15, 0.2) is 0 Å². The number of anilines is 2. The Morgan fingerprint density at radius 1 is 1.34 bits per heavy atom. The first-order valence-electron chi connectivity index (χ1n) is 9.49. The quantitative estimate of drug-likeness (QED) is 0.813. The van der Waals surface area contributed by atoms with Crippen LogP contribution in [0.5, 0.6) is 0 Å². The van der Waals surface area contributed by atoms with Gasteiger partial charge < -0.3 is 15.0 Å². The van der Waals surface area contributed by atoms with E-state index in [2.05, 4.69) is 5.32 Å². The van der Waals surface area contributed by atoms with Gasteiger partial charge in [0.1, 0.15) is 17.8 Å². The summed E-state index contributed by atoms with van der Waals surface area (Å²) in [6.45, 7) is 2.94. The SMILES string of the molecule is CC(=O)NCC1CN(c2ccc(N3CCC(C(C#N)C#N)CC3)c(F)c2)C(=O)O1. The number of ether oxygens (including phenoxy) is 1. The zero-order chi connectivity index (χ0) is 21.0. The molecule has 2 fully saturated rings. The van der Waals surface area contributed by atoms with Crippen LogP contribution in [0, 0.1) is 40.3 Å². The number of benzene rings is 1. The van der Waals surface area contributed by atoms with Crippen LogP contribution in [0.1, 0.15) is 19.8 Å². The average molecular weight is 399 g/mol. The van der Waals surface area contributed by atoms with Crippen LogP contribution in [0.15, 0.2) is 18.2 Å². The number of amides is 2. The summed E-state index contributed by atoms with van der Waals surface area (Å²) in [5.74, 6) is -1.29. The molecule has 1 N–H and O–H groups in total. The highest BCUT2D eigenvalue weighted by atomic mass is 19.1. The van der Waals surface area contributed by atoms with E-state index in [1.807, 2.05) is 17.0 Å². The third-order valence-corrected chi connectivity index (χ3v) is 5.33. The molecule has 1 unspecified atom stereocenters. The van der Waals surface area contributed by atoms with Crippen molar-refractivity contribution in [1.29, 1.82) is 10.5 Å². The maximum Gasteiger partial charge on any atom is 0.414 e. The average Bonchev–Trinajstić information content (AvgIpc) is 3.08. The second-order valence-corrected chi connectivity index (χ2v) is 7.25. The molecule has 2 aliphatic rings. The third kappa shape index (κ3) is 4.57.